The average Bonchev–Trinajstić information content (AvgIpc) is 3.24. The number of carbonyl (C=O) groups is 1. The first-order chi connectivity index (χ1) is 14.0. The quantitative estimate of drug-likeness (QED) is 0.565. The highest BCUT2D eigenvalue weighted by molar-refractivity contribution is 7.15. The lowest BCUT2D eigenvalue weighted by molar-refractivity contribution is -0.116. The van der Waals surface area contributed by atoms with E-state index < -0.39 is 0 Å². The van der Waals surface area contributed by atoms with Gasteiger partial charge in [0.1, 0.15) is 0 Å². The molecule has 2 heterocycles. The van der Waals surface area contributed by atoms with Crippen molar-refractivity contribution in [2.75, 3.05) is 5.32 Å². The molecule has 29 heavy (non-hydrogen) atoms. The van der Waals surface area contributed by atoms with Gasteiger partial charge in [0, 0.05) is 34.6 Å². The topological polar surface area (TPSA) is 83.6 Å². The third kappa shape index (κ3) is 5.43. The average molecular weight is 428 g/mol. The van der Waals surface area contributed by atoms with Crippen molar-refractivity contribution < 1.29 is 4.79 Å². The van der Waals surface area contributed by atoms with Crippen LogP contribution in [0.3, 0.4) is 0 Å². The fourth-order valence-corrected chi connectivity index (χ4v) is 4.22. The molecule has 0 aliphatic carbocycles. The van der Waals surface area contributed by atoms with E-state index >= 15 is 0 Å². The number of anilines is 1. The summed E-state index contributed by atoms with van der Waals surface area (Å²) in [5.74, 6) is -0.0766. The Labute approximate surface area is 179 Å². The molecule has 3 rings (SSSR count). The highest BCUT2D eigenvalue weighted by Gasteiger charge is 2.14. The van der Waals surface area contributed by atoms with Gasteiger partial charge in [-0.3, -0.25) is 9.48 Å². The van der Waals surface area contributed by atoms with E-state index in [1.165, 1.54) is 11.3 Å². The van der Waals surface area contributed by atoms with Gasteiger partial charge in [0.05, 0.1) is 24.7 Å². The van der Waals surface area contributed by atoms with E-state index in [0.717, 1.165) is 32.4 Å². The molecule has 0 spiro atoms. The minimum absolute atomic E-state index is 0.0766. The van der Waals surface area contributed by atoms with Crippen LogP contribution in [-0.2, 0) is 24.2 Å². The summed E-state index contributed by atoms with van der Waals surface area (Å²) in [6.45, 7) is 4.49. The third-order valence-corrected chi connectivity index (χ3v) is 5.97. The van der Waals surface area contributed by atoms with Gasteiger partial charge >= 0.3 is 0 Å². The first-order valence-corrected chi connectivity index (χ1v) is 10.5. The summed E-state index contributed by atoms with van der Waals surface area (Å²) in [4.78, 5) is 17.7. The van der Waals surface area contributed by atoms with Crippen molar-refractivity contribution >= 4 is 34.0 Å². The highest BCUT2D eigenvalue weighted by Crippen LogP contribution is 2.25. The second-order valence-electron chi connectivity index (χ2n) is 6.73. The number of amides is 1. The molecule has 0 radical (unpaired) electrons. The fourth-order valence-electron chi connectivity index (χ4n) is 3.17. The first-order valence-electron chi connectivity index (χ1n) is 9.35. The lowest BCUT2D eigenvalue weighted by Gasteiger charge is -2.04. The van der Waals surface area contributed by atoms with Crippen LogP contribution in [0.15, 0.2) is 30.5 Å². The Hall–Kier alpha value is -2.69. The standard InChI is InChI=1S/C21H22ClN5OS/c1-14-18(15(2)27(26-14)11-5-10-23)8-9-20(28)25-21-24-13-17(29-21)12-16-6-3-4-7-19(16)22/h3-4,6-7,13H,5,8-9,11-12H2,1-2H3,(H,24,25,28). The van der Waals surface area contributed by atoms with Crippen LogP contribution in [0.2, 0.25) is 5.02 Å². The maximum Gasteiger partial charge on any atom is 0.226 e. The molecular formula is C21H22ClN5OS. The van der Waals surface area contributed by atoms with Gasteiger partial charge < -0.3 is 5.32 Å². The van der Waals surface area contributed by atoms with Crippen molar-refractivity contribution in [3.63, 3.8) is 0 Å². The molecule has 1 aromatic carbocycles. The first kappa shape index (κ1) is 21.0. The van der Waals surface area contributed by atoms with Gasteiger partial charge in [-0.15, -0.1) is 11.3 Å². The predicted octanol–water partition coefficient (Wildman–Crippen LogP) is 4.69. The smallest absolute Gasteiger partial charge is 0.226 e. The zero-order valence-corrected chi connectivity index (χ0v) is 18.0. The van der Waals surface area contributed by atoms with E-state index in [2.05, 4.69) is 21.5 Å². The van der Waals surface area contributed by atoms with Gasteiger partial charge in [-0.25, -0.2) is 4.98 Å². The normalized spacial score (nSPS) is 10.7. The Balaban J connectivity index is 1.56. The van der Waals surface area contributed by atoms with Crippen molar-refractivity contribution in [3.05, 3.63) is 62.9 Å². The molecule has 1 N–H and O–H groups in total. The van der Waals surface area contributed by atoms with Gasteiger partial charge in [0.2, 0.25) is 5.91 Å². The second kappa shape index (κ2) is 9.68. The van der Waals surface area contributed by atoms with E-state index in [-0.39, 0.29) is 5.91 Å². The Morgan fingerprint density at radius 3 is 2.90 bits per heavy atom. The van der Waals surface area contributed by atoms with E-state index in [4.69, 9.17) is 16.9 Å². The van der Waals surface area contributed by atoms with Gasteiger partial charge in [-0.2, -0.15) is 10.4 Å². The summed E-state index contributed by atoms with van der Waals surface area (Å²) in [5.41, 5.74) is 4.03. The third-order valence-electron chi connectivity index (χ3n) is 4.69. The van der Waals surface area contributed by atoms with Crippen LogP contribution >= 0.6 is 22.9 Å². The highest BCUT2D eigenvalue weighted by atomic mass is 35.5. The molecule has 150 valence electrons. The predicted molar refractivity (Wildman–Crippen MR) is 115 cm³/mol. The van der Waals surface area contributed by atoms with E-state index in [9.17, 15) is 4.79 Å². The number of aromatic nitrogens is 3. The monoisotopic (exact) mass is 427 g/mol. The summed E-state index contributed by atoms with van der Waals surface area (Å²) >= 11 is 7.67. The lowest BCUT2D eigenvalue weighted by atomic mass is 10.1. The Morgan fingerprint density at radius 2 is 2.14 bits per heavy atom. The van der Waals surface area contributed by atoms with Gasteiger partial charge in [0.15, 0.2) is 5.13 Å². The molecule has 0 atom stereocenters. The molecule has 6 nitrogen and oxygen atoms in total. The zero-order chi connectivity index (χ0) is 20.8. The fraction of sp³-hybridized carbons (Fsp3) is 0.333. The molecule has 2 aromatic heterocycles. The Morgan fingerprint density at radius 1 is 1.34 bits per heavy atom. The molecule has 0 aliphatic heterocycles. The molecule has 0 unspecified atom stereocenters. The molecule has 3 aromatic rings. The maximum absolute atomic E-state index is 12.4. The molecule has 0 fully saturated rings. The lowest BCUT2D eigenvalue weighted by Crippen LogP contribution is -2.12. The summed E-state index contributed by atoms with van der Waals surface area (Å²) < 4.78 is 1.84. The number of nitrogens with one attached hydrogen (secondary N) is 1. The van der Waals surface area contributed by atoms with Gasteiger partial charge in [-0.05, 0) is 37.5 Å². The van der Waals surface area contributed by atoms with Crippen LogP contribution in [0.1, 0.15) is 40.2 Å². The minimum atomic E-state index is -0.0766. The number of aryl methyl sites for hydroxylation is 2. The molecule has 0 saturated carbocycles. The summed E-state index contributed by atoms with van der Waals surface area (Å²) in [6.07, 6.45) is 3.84. The van der Waals surface area contributed by atoms with Crippen molar-refractivity contribution in [3.8, 4) is 6.07 Å². The zero-order valence-electron chi connectivity index (χ0n) is 16.4. The number of benzene rings is 1. The molecule has 0 aliphatic rings. The van der Waals surface area contributed by atoms with Crippen molar-refractivity contribution in [2.24, 2.45) is 0 Å². The molecule has 0 saturated heterocycles. The maximum atomic E-state index is 12.4. The number of halogens is 1. The molecule has 1 amide bonds. The summed E-state index contributed by atoms with van der Waals surface area (Å²) in [5, 5.41) is 17.4. The van der Waals surface area contributed by atoms with Crippen LogP contribution in [0, 0.1) is 25.2 Å². The van der Waals surface area contributed by atoms with Crippen LogP contribution in [0.5, 0.6) is 0 Å². The number of nitrogens with zero attached hydrogens (tertiary/aromatic N) is 4. The largest absolute Gasteiger partial charge is 0.302 e. The number of thiazole rings is 1. The van der Waals surface area contributed by atoms with E-state index in [0.29, 0.717) is 37.4 Å². The number of carbonyl (C=O) groups excluding carboxylic acids is 1. The second-order valence-corrected chi connectivity index (χ2v) is 8.25. The number of nitriles is 1. The van der Waals surface area contributed by atoms with E-state index in [1.807, 2.05) is 42.8 Å². The number of hydrogen-bond donors (Lipinski definition) is 1. The van der Waals surface area contributed by atoms with Crippen molar-refractivity contribution in [1.29, 1.82) is 5.26 Å². The van der Waals surface area contributed by atoms with E-state index in [1.54, 1.807) is 6.20 Å². The number of rotatable bonds is 8. The Bertz CT molecular complexity index is 1050. The van der Waals surface area contributed by atoms with Crippen LogP contribution < -0.4 is 5.32 Å². The molecular weight excluding hydrogens is 406 g/mol. The minimum Gasteiger partial charge on any atom is -0.302 e. The van der Waals surface area contributed by atoms with Crippen molar-refractivity contribution in [2.45, 2.75) is 46.1 Å². The SMILES string of the molecule is Cc1nn(CCC#N)c(C)c1CCC(=O)Nc1ncc(Cc2ccccc2Cl)s1. The Kier molecular flexibility index (Phi) is 7.02. The summed E-state index contributed by atoms with van der Waals surface area (Å²) in [6, 6.07) is 9.85. The molecule has 0 bridgehead atoms. The van der Waals surface area contributed by atoms with Gasteiger partial charge in [0.25, 0.3) is 0 Å². The van der Waals surface area contributed by atoms with Crippen LogP contribution in [0.25, 0.3) is 0 Å². The van der Waals surface area contributed by atoms with Crippen LogP contribution in [0.4, 0.5) is 5.13 Å². The van der Waals surface area contributed by atoms with Crippen molar-refractivity contribution in [1.82, 2.24) is 14.8 Å². The molecule has 8 heteroatoms. The van der Waals surface area contributed by atoms with Gasteiger partial charge in [-0.1, -0.05) is 29.8 Å². The van der Waals surface area contributed by atoms with Crippen LogP contribution in [-0.4, -0.2) is 20.7 Å². The number of hydrogen-bond acceptors (Lipinski definition) is 5. The summed E-state index contributed by atoms with van der Waals surface area (Å²) in [7, 11) is 0.